The molecule has 0 saturated carbocycles. The number of halogens is 2. The molecule has 15 heavy (non-hydrogen) atoms. The van der Waals surface area contributed by atoms with Gasteiger partial charge in [-0.25, -0.2) is 0 Å². The third kappa shape index (κ3) is 7.78. The van der Waals surface area contributed by atoms with Crippen LogP contribution >= 0.6 is 0 Å². The van der Waals surface area contributed by atoms with Crippen LogP contribution in [-0.4, -0.2) is 14.9 Å². The predicted molar refractivity (Wildman–Crippen MR) is 54.7 cm³/mol. The summed E-state index contributed by atoms with van der Waals surface area (Å²) in [7, 11) is -1.30. The molecule has 0 amide bonds. The minimum absolute atomic E-state index is 0. The van der Waals surface area contributed by atoms with Crippen molar-refractivity contribution in [2.24, 2.45) is 0 Å². The van der Waals surface area contributed by atoms with Crippen LogP contribution in [0.1, 0.15) is 12.8 Å². The molecule has 0 aromatic rings. The molecule has 0 radical (unpaired) electrons. The summed E-state index contributed by atoms with van der Waals surface area (Å²) in [5.41, 5.74) is 1.48. The van der Waals surface area contributed by atoms with E-state index in [0.717, 1.165) is 19.4 Å². The van der Waals surface area contributed by atoms with Gasteiger partial charge >= 0.3 is 93.9 Å². The largest absolute Gasteiger partial charge is 1.00 e. The van der Waals surface area contributed by atoms with Crippen molar-refractivity contribution in [2.75, 3.05) is 6.61 Å². The van der Waals surface area contributed by atoms with E-state index >= 15 is 0 Å². The minimum atomic E-state index is -1.30. The maximum Gasteiger partial charge on any atom is -1.00 e. The molecule has 1 nitrogen and oxygen atoms in total. The average Bonchev–Trinajstić information content (AvgIpc) is 2.34. The van der Waals surface area contributed by atoms with Crippen LogP contribution in [-0.2, 0) is 24.9 Å². The Kier molecular flexibility index (Phi) is 9.90. The average molecular weight is 300 g/mol. The van der Waals surface area contributed by atoms with E-state index < -0.39 is 8.32 Å². The molecule has 0 fully saturated rings. The SMILES string of the molecule is C[Si](C)(C)OCCC1=[C]([Ti+2])CC=C1.[Cl-].[Cl-]. The molecular weight excluding hydrogens is 283 g/mol. The number of allylic oxidation sites excluding steroid dienone is 3. The van der Waals surface area contributed by atoms with Crippen molar-refractivity contribution < 1.29 is 49.7 Å². The molecule has 1 aliphatic rings. The smallest absolute Gasteiger partial charge is 1.00 e. The van der Waals surface area contributed by atoms with E-state index in [2.05, 4.69) is 52.2 Å². The molecule has 0 aliphatic heterocycles. The molecule has 0 N–H and O–H groups in total. The summed E-state index contributed by atoms with van der Waals surface area (Å²) >= 11 is 2.21. The maximum absolute atomic E-state index is 5.81. The van der Waals surface area contributed by atoms with E-state index in [1.54, 1.807) is 0 Å². The Morgan fingerprint density at radius 3 is 2.33 bits per heavy atom. The first-order valence-corrected chi connectivity index (χ1v) is 8.92. The van der Waals surface area contributed by atoms with E-state index in [1.807, 2.05) is 0 Å². The Hall–Kier alpha value is 0.951. The standard InChI is InChI=1S/C10H17OSi.2ClH.Ti/c1-12(2,3)11-9-8-10-6-4-5-7-10;;;/h4,6H,5,8-9H2,1-3H3;2*1H;/q;;;+2/p-2. The van der Waals surface area contributed by atoms with Gasteiger partial charge in [0.2, 0.25) is 0 Å². The van der Waals surface area contributed by atoms with Crippen molar-refractivity contribution >= 4 is 8.32 Å². The normalized spacial score (nSPS) is 15.0. The Balaban J connectivity index is 0. The molecule has 0 bridgehead atoms. The Morgan fingerprint density at radius 2 is 1.93 bits per heavy atom. The Bertz CT molecular complexity index is 246. The summed E-state index contributed by atoms with van der Waals surface area (Å²) in [4.78, 5) is 0. The van der Waals surface area contributed by atoms with Crippen LogP contribution in [0.5, 0.6) is 0 Å². The van der Waals surface area contributed by atoms with Crippen LogP contribution in [0.2, 0.25) is 19.6 Å². The predicted octanol–water partition coefficient (Wildman–Crippen LogP) is -3.00. The van der Waals surface area contributed by atoms with Gasteiger partial charge in [0, 0.05) is 0 Å². The summed E-state index contributed by atoms with van der Waals surface area (Å²) in [6.45, 7) is 7.60. The van der Waals surface area contributed by atoms with Crippen molar-refractivity contribution in [3.63, 3.8) is 0 Å². The molecule has 0 aromatic heterocycles. The molecule has 85 valence electrons. The van der Waals surface area contributed by atoms with Crippen molar-refractivity contribution in [1.29, 1.82) is 0 Å². The molecule has 0 atom stereocenters. The molecule has 0 heterocycles. The van der Waals surface area contributed by atoms with E-state index in [1.165, 1.54) is 9.45 Å². The fraction of sp³-hybridized carbons (Fsp3) is 0.600. The molecule has 1 aliphatic carbocycles. The number of rotatable bonds is 4. The third-order valence-electron chi connectivity index (χ3n) is 1.94. The third-order valence-corrected chi connectivity index (χ3v) is 3.83. The molecule has 0 spiro atoms. The van der Waals surface area contributed by atoms with Crippen LogP contribution < -0.4 is 24.8 Å². The summed E-state index contributed by atoms with van der Waals surface area (Å²) in [6.07, 6.45) is 6.71. The van der Waals surface area contributed by atoms with Crippen LogP contribution in [0.4, 0.5) is 0 Å². The Morgan fingerprint density at radius 1 is 1.33 bits per heavy atom. The molecule has 0 aromatic carbocycles. The summed E-state index contributed by atoms with van der Waals surface area (Å²) in [6, 6.07) is 0. The van der Waals surface area contributed by atoms with Gasteiger partial charge in [-0.1, -0.05) is 0 Å². The zero-order valence-corrected chi connectivity index (χ0v) is 13.5. The monoisotopic (exact) mass is 299 g/mol. The van der Waals surface area contributed by atoms with E-state index in [0.29, 0.717) is 0 Å². The number of hydrogen-bond acceptors (Lipinski definition) is 1. The molecular formula is C10H17Cl2OSiTi. The van der Waals surface area contributed by atoms with E-state index in [9.17, 15) is 0 Å². The van der Waals surface area contributed by atoms with Crippen molar-refractivity contribution in [2.45, 2.75) is 32.5 Å². The summed E-state index contributed by atoms with van der Waals surface area (Å²) < 4.78 is 7.32. The van der Waals surface area contributed by atoms with Crippen LogP contribution in [0.25, 0.3) is 0 Å². The van der Waals surface area contributed by atoms with Crippen molar-refractivity contribution in [3.05, 3.63) is 21.6 Å². The van der Waals surface area contributed by atoms with Crippen LogP contribution in [0, 0.1) is 0 Å². The zero-order chi connectivity index (χ0) is 9.90. The fourth-order valence-electron chi connectivity index (χ4n) is 1.25. The maximum atomic E-state index is 5.81. The van der Waals surface area contributed by atoms with Gasteiger partial charge in [0.1, 0.15) is 0 Å². The topological polar surface area (TPSA) is 9.23 Å². The van der Waals surface area contributed by atoms with Gasteiger partial charge < -0.3 is 24.8 Å². The van der Waals surface area contributed by atoms with E-state index in [-0.39, 0.29) is 24.8 Å². The second kappa shape index (κ2) is 8.10. The van der Waals surface area contributed by atoms with Gasteiger partial charge in [0.05, 0.1) is 0 Å². The van der Waals surface area contributed by atoms with Gasteiger partial charge in [0.25, 0.3) is 0 Å². The first-order chi connectivity index (χ1) is 5.99. The van der Waals surface area contributed by atoms with Gasteiger partial charge in [-0.05, 0) is 0 Å². The molecule has 0 saturated heterocycles. The second-order valence-corrected chi connectivity index (χ2v) is 9.78. The molecule has 5 heteroatoms. The summed E-state index contributed by atoms with van der Waals surface area (Å²) in [5.74, 6) is 0. The first kappa shape index (κ1) is 18.3. The summed E-state index contributed by atoms with van der Waals surface area (Å²) in [5, 5.41) is 0. The quantitative estimate of drug-likeness (QED) is 0.503. The first-order valence-electron chi connectivity index (χ1n) is 4.73. The molecule has 1 rings (SSSR count). The van der Waals surface area contributed by atoms with Gasteiger partial charge in [-0.15, -0.1) is 0 Å². The molecule has 0 unspecified atom stereocenters. The van der Waals surface area contributed by atoms with Crippen LogP contribution in [0.3, 0.4) is 0 Å². The van der Waals surface area contributed by atoms with Crippen molar-refractivity contribution in [1.82, 2.24) is 0 Å². The fourth-order valence-corrected chi connectivity index (χ4v) is 2.48. The van der Waals surface area contributed by atoms with Crippen molar-refractivity contribution in [3.8, 4) is 0 Å². The minimum Gasteiger partial charge on any atom is -1.00 e. The second-order valence-electron chi connectivity index (χ2n) is 4.32. The number of hydrogen-bond donors (Lipinski definition) is 0. The van der Waals surface area contributed by atoms with E-state index in [4.69, 9.17) is 4.43 Å². The zero-order valence-electron chi connectivity index (χ0n) is 9.44. The van der Waals surface area contributed by atoms with Gasteiger partial charge in [0.15, 0.2) is 0 Å². The Labute approximate surface area is 118 Å². The van der Waals surface area contributed by atoms with Crippen LogP contribution in [0.15, 0.2) is 21.6 Å². The van der Waals surface area contributed by atoms with Gasteiger partial charge in [-0.3, -0.25) is 0 Å². The van der Waals surface area contributed by atoms with Gasteiger partial charge in [-0.2, -0.15) is 0 Å².